The number of benzene rings is 2. The molecule has 1 N–H and O–H groups in total. The van der Waals surface area contributed by atoms with Gasteiger partial charge in [-0.05, 0) is 55.5 Å². The van der Waals surface area contributed by atoms with Crippen molar-refractivity contribution in [1.82, 2.24) is 0 Å². The number of halogens is 1. The highest BCUT2D eigenvalue weighted by atomic mass is 19.1. The summed E-state index contributed by atoms with van der Waals surface area (Å²) in [6.45, 7) is 1.83. The maximum atomic E-state index is 13.4. The van der Waals surface area contributed by atoms with Crippen LogP contribution in [0.3, 0.4) is 0 Å². The third kappa shape index (κ3) is 3.14. The van der Waals surface area contributed by atoms with Crippen molar-refractivity contribution in [3.63, 3.8) is 0 Å². The summed E-state index contributed by atoms with van der Waals surface area (Å²) in [5.41, 5.74) is 1.28. The molecule has 0 saturated carbocycles. The van der Waals surface area contributed by atoms with Gasteiger partial charge >= 0.3 is 0 Å². The largest absolute Gasteiger partial charge is 0.507 e. The molecule has 0 aliphatic carbocycles. The fourth-order valence-corrected chi connectivity index (χ4v) is 3.57. The lowest BCUT2D eigenvalue weighted by Crippen LogP contribution is -2.29. The molecule has 6 nitrogen and oxygen atoms in total. The third-order valence-corrected chi connectivity index (χ3v) is 4.97. The Kier molecular flexibility index (Phi) is 4.87. The SMILES string of the molecule is COc1ccc(C)cc1/C(O)=C1/C(=O)C(=O)N(c2ccc(F)cc2)C1c1ccco1. The van der Waals surface area contributed by atoms with Crippen molar-refractivity contribution in [3.05, 3.63) is 89.1 Å². The van der Waals surface area contributed by atoms with Crippen LogP contribution in [0.4, 0.5) is 10.1 Å². The Bertz CT molecular complexity index is 1150. The van der Waals surface area contributed by atoms with Crippen LogP contribution in [0.25, 0.3) is 5.76 Å². The number of Topliss-reactive ketones (excluding diaryl/α,β-unsaturated/α-hetero) is 1. The summed E-state index contributed by atoms with van der Waals surface area (Å²) in [7, 11) is 1.45. The molecule has 1 aliphatic heterocycles. The van der Waals surface area contributed by atoms with E-state index in [0.29, 0.717) is 11.4 Å². The molecule has 2 heterocycles. The lowest BCUT2D eigenvalue weighted by atomic mass is 9.97. The first-order valence-corrected chi connectivity index (χ1v) is 9.17. The Morgan fingerprint density at radius 1 is 1.13 bits per heavy atom. The topological polar surface area (TPSA) is 80.0 Å². The summed E-state index contributed by atoms with van der Waals surface area (Å²) in [6, 6.07) is 12.5. The Hall–Kier alpha value is -3.87. The number of aliphatic hydroxyl groups is 1. The van der Waals surface area contributed by atoms with Crippen molar-refractivity contribution in [2.75, 3.05) is 12.0 Å². The van der Waals surface area contributed by atoms with Crippen molar-refractivity contribution in [3.8, 4) is 5.75 Å². The van der Waals surface area contributed by atoms with Gasteiger partial charge in [0, 0.05) is 5.69 Å². The number of hydrogen-bond acceptors (Lipinski definition) is 5. The third-order valence-electron chi connectivity index (χ3n) is 4.97. The van der Waals surface area contributed by atoms with Crippen molar-refractivity contribution < 1.29 is 28.2 Å². The predicted molar refractivity (Wildman–Crippen MR) is 108 cm³/mol. The fraction of sp³-hybridized carbons (Fsp3) is 0.130. The highest BCUT2D eigenvalue weighted by molar-refractivity contribution is 6.51. The average molecular weight is 407 g/mol. The summed E-state index contributed by atoms with van der Waals surface area (Å²) in [5.74, 6) is -1.94. The standard InChI is InChI=1S/C23H18FNO5/c1-13-5-10-17(29-2)16(12-13)21(26)19-20(18-4-3-11-30-18)25(23(28)22(19)27)15-8-6-14(24)7-9-15/h3-12,20,26H,1-2H3/b21-19-. The minimum absolute atomic E-state index is 0.136. The maximum absolute atomic E-state index is 13.4. The molecule has 0 bridgehead atoms. The first-order valence-electron chi connectivity index (χ1n) is 9.17. The molecule has 2 aromatic carbocycles. The first kappa shape index (κ1) is 19.4. The summed E-state index contributed by atoms with van der Waals surface area (Å²) in [4.78, 5) is 27.1. The summed E-state index contributed by atoms with van der Waals surface area (Å²) >= 11 is 0. The van der Waals surface area contributed by atoms with E-state index in [4.69, 9.17) is 9.15 Å². The van der Waals surface area contributed by atoms with Gasteiger partial charge in [-0.3, -0.25) is 14.5 Å². The number of anilines is 1. The Morgan fingerprint density at radius 2 is 1.87 bits per heavy atom. The Labute approximate surface area is 171 Å². The molecule has 3 aromatic rings. The number of methoxy groups -OCH3 is 1. The number of aryl methyl sites for hydroxylation is 1. The van der Waals surface area contributed by atoms with Crippen LogP contribution >= 0.6 is 0 Å². The lowest BCUT2D eigenvalue weighted by Gasteiger charge is -2.23. The molecule has 30 heavy (non-hydrogen) atoms. The van der Waals surface area contributed by atoms with Crippen LogP contribution in [0.1, 0.15) is 22.9 Å². The van der Waals surface area contributed by atoms with E-state index in [1.54, 1.807) is 30.3 Å². The molecule has 1 fully saturated rings. The van der Waals surface area contributed by atoms with Crippen LogP contribution in [0.15, 0.2) is 70.9 Å². The van der Waals surface area contributed by atoms with Gasteiger partial charge in [0.1, 0.15) is 29.1 Å². The second kappa shape index (κ2) is 7.51. The van der Waals surface area contributed by atoms with E-state index < -0.39 is 23.5 Å². The van der Waals surface area contributed by atoms with Crippen molar-refractivity contribution in [1.29, 1.82) is 0 Å². The van der Waals surface area contributed by atoms with Crippen LogP contribution in [0.5, 0.6) is 5.75 Å². The predicted octanol–water partition coefficient (Wildman–Crippen LogP) is 4.36. The lowest BCUT2D eigenvalue weighted by molar-refractivity contribution is -0.132. The zero-order valence-corrected chi connectivity index (χ0v) is 16.3. The molecular formula is C23H18FNO5. The first-order chi connectivity index (χ1) is 14.4. The molecule has 1 atom stereocenters. The van der Waals surface area contributed by atoms with Gasteiger partial charge in [0.15, 0.2) is 0 Å². The summed E-state index contributed by atoms with van der Waals surface area (Å²) < 4.78 is 24.2. The number of nitrogens with zero attached hydrogens (tertiary/aromatic N) is 1. The molecular weight excluding hydrogens is 389 g/mol. The highest BCUT2D eigenvalue weighted by Crippen LogP contribution is 2.43. The second-order valence-electron chi connectivity index (χ2n) is 6.86. The van der Waals surface area contributed by atoms with Crippen molar-refractivity contribution in [2.45, 2.75) is 13.0 Å². The number of amides is 1. The molecule has 152 valence electrons. The zero-order valence-electron chi connectivity index (χ0n) is 16.3. The summed E-state index contributed by atoms with van der Waals surface area (Å²) in [5, 5.41) is 11.1. The quantitative estimate of drug-likeness (QED) is 0.395. The van der Waals surface area contributed by atoms with Gasteiger partial charge in [-0.1, -0.05) is 11.6 Å². The van der Waals surface area contributed by atoms with Crippen molar-refractivity contribution in [2.24, 2.45) is 0 Å². The number of furan rings is 1. The van der Waals surface area contributed by atoms with E-state index in [0.717, 1.165) is 5.56 Å². The number of carbonyl (C=O) groups is 2. The molecule has 1 amide bonds. The van der Waals surface area contributed by atoms with E-state index in [-0.39, 0.29) is 22.7 Å². The highest BCUT2D eigenvalue weighted by Gasteiger charge is 2.48. The minimum Gasteiger partial charge on any atom is -0.507 e. The molecule has 1 aromatic heterocycles. The molecule has 7 heteroatoms. The maximum Gasteiger partial charge on any atom is 0.300 e. The van der Waals surface area contributed by atoms with E-state index in [1.165, 1.54) is 42.5 Å². The van der Waals surface area contributed by atoms with Crippen molar-refractivity contribution >= 4 is 23.1 Å². The van der Waals surface area contributed by atoms with Gasteiger partial charge in [0.2, 0.25) is 0 Å². The molecule has 0 radical (unpaired) electrons. The Morgan fingerprint density at radius 3 is 2.50 bits per heavy atom. The molecule has 1 saturated heterocycles. The number of ether oxygens (including phenoxy) is 1. The smallest absolute Gasteiger partial charge is 0.300 e. The van der Waals surface area contributed by atoms with E-state index in [9.17, 15) is 19.1 Å². The average Bonchev–Trinajstić information content (AvgIpc) is 3.35. The number of ketones is 1. The molecule has 1 aliphatic rings. The monoisotopic (exact) mass is 407 g/mol. The van der Waals surface area contributed by atoms with Crippen LogP contribution < -0.4 is 9.64 Å². The van der Waals surface area contributed by atoms with Gasteiger partial charge in [-0.2, -0.15) is 0 Å². The summed E-state index contributed by atoms with van der Waals surface area (Å²) in [6.07, 6.45) is 1.41. The molecule has 1 unspecified atom stereocenters. The van der Waals surface area contributed by atoms with Crippen LogP contribution in [-0.4, -0.2) is 23.9 Å². The normalized spacial score (nSPS) is 18.1. The Balaban J connectivity index is 1.95. The van der Waals surface area contributed by atoms with Crippen LogP contribution in [-0.2, 0) is 9.59 Å². The zero-order chi connectivity index (χ0) is 21.4. The van der Waals surface area contributed by atoms with Gasteiger partial charge in [0.25, 0.3) is 11.7 Å². The van der Waals surface area contributed by atoms with Crippen LogP contribution in [0.2, 0.25) is 0 Å². The number of hydrogen-bond donors (Lipinski definition) is 1. The number of rotatable bonds is 4. The fourth-order valence-electron chi connectivity index (χ4n) is 3.57. The van der Waals surface area contributed by atoms with Gasteiger partial charge < -0.3 is 14.3 Å². The number of aliphatic hydroxyl groups excluding tert-OH is 1. The van der Waals surface area contributed by atoms with Gasteiger partial charge in [-0.25, -0.2) is 4.39 Å². The molecule has 4 rings (SSSR count). The van der Waals surface area contributed by atoms with E-state index in [1.807, 2.05) is 6.92 Å². The van der Waals surface area contributed by atoms with Gasteiger partial charge in [0.05, 0.1) is 24.5 Å². The van der Waals surface area contributed by atoms with Gasteiger partial charge in [-0.15, -0.1) is 0 Å². The minimum atomic E-state index is -1.02. The number of carbonyl (C=O) groups excluding carboxylic acids is 2. The molecule has 0 spiro atoms. The van der Waals surface area contributed by atoms with E-state index >= 15 is 0 Å². The van der Waals surface area contributed by atoms with E-state index in [2.05, 4.69) is 0 Å². The second-order valence-corrected chi connectivity index (χ2v) is 6.86. The van der Waals surface area contributed by atoms with Crippen LogP contribution in [0, 0.1) is 12.7 Å².